The number of rotatable bonds is 4. The van der Waals surface area contributed by atoms with Crippen LogP contribution in [0.15, 0.2) is 18.2 Å². The van der Waals surface area contributed by atoms with Crippen LogP contribution in [0.2, 0.25) is 0 Å². The van der Waals surface area contributed by atoms with Gasteiger partial charge in [0.2, 0.25) is 0 Å². The monoisotopic (exact) mass is 399 g/mol. The fourth-order valence-corrected chi connectivity index (χ4v) is 3.58. The molecular formula is C18H26BrNO4. The second-order valence-corrected chi connectivity index (χ2v) is 7.70. The zero-order valence-corrected chi connectivity index (χ0v) is 16.6. The molecule has 0 aromatic heterocycles. The Hall–Kier alpha value is -1.43. The minimum Gasteiger partial charge on any atom is -0.497 e. The molecule has 1 amide bonds. The van der Waals surface area contributed by atoms with Crippen LogP contribution < -0.4 is 9.47 Å². The van der Waals surface area contributed by atoms with Crippen LogP contribution in [0.4, 0.5) is 4.79 Å². The van der Waals surface area contributed by atoms with E-state index in [1.165, 1.54) is 0 Å². The molecule has 1 aromatic rings. The zero-order valence-electron chi connectivity index (χ0n) is 15.0. The van der Waals surface area contributed by atoms with E-state index in [4.69, 9.17) is 14.2 Å². The quantitative estimate of drug-likeness (QED) is 0.716. The van der Waals surface area contributed by atoms with Gasteiger partial charge >= 0.3 is 6.09 Å². The molecule has 1 saturated heterocycles. The van der Waals surface area contributed by atoms with Crippen molar-refractivity contribution in [2.75, 3.05) is 32.6 Å². The highest BCUT2D eigenvalue weighted by Gasteiger charge is 2.37. The van der Waals surface area contributed by atoms with Gasteiger partial charge in [-0.3, -0.25) is 0 Å². The summed E-state index contributed by atoms with van der Waals surface area (Å²) in [6.07, 6.45) is -0.259. The largest absolute Gasteiger partial charge is 0.497 e. The van der Waals surface area contributed by atoms with Gasteiger partial charge in [0, 0.05) is 30.4 Å². The number of halogens is 1. The molecule has 1 fully saturated rings. The fourth-order valence-electron chi connectivity index (χ4n) is 2.92. The molecule has 0 aliphatic carbocycles. The molecule has 0 unspecified atom stereocenters. The van der Waals surface area contributed by atoms with Crippen molar-refractivity contribution in [3.63, 3.8) is 0 Å². The molecule has 1 aromatic carbocycles. The third-order valence-electron chi connectivity index (χ3n) is 4.09. The van der Waals surface area contributed by atoms with Gasteiger partial charge in [0.25, 0.3) is 0 Å². The van der Waals surface area contributed by atoms with Crippen molar-refractivity contribution < 1.29 is 19.0 Å². The minimum absolute atomic E-state index is 0.209. The Kier molecular flexibility index (Phi) is 6.01. The highest BCUT2D eigenvalue weighted by atomic mass is 79.9. The predicted molar refractivity (Wildman–Crippen MR) is 97.4 cm³/mol. The molecule has 1 aliphatic rings. The maximum atomic E-state index is 12.4. The summed E-state index contributed by atoms with van der Waals surface area (Å²) < 4.78 is 16.2. The third-order valence-corrected chi connectivity index (χ3v) is 4.92. The topological polar surface area (TPSA) is 48.0 Å². The van der Waals surface area contributed by atoms with E-state index in [9.17, 15) is 4.79 Å². The minimum atomic E-state index is -0.488. The lowest BCUT2D eigenvalue weighted by Gasteiger charge is -2.24. The molecule has 0 spiro atoms. The van der Waals surface area contributed by atoms with Crippen molar-refractivity contribution in [2.45, 2.75) is 32.3 Å². The Morgan fingerprint density at radius 3 is 2.21 bits per heavy atom. The van der Waals surface area contributed by atoms with Crippen LogP contribution in [-0.4, -0.2) is 49.2 Å². The SMILES string of the molecule is COc1cc(OC)cc([C@H]2CN(C(=O)OC(C)(C)C)C[C@@H]2CBr)c1. The van der Waals surface area contributed by atoms with Crippen LogP contribution in [0, 0.1) is 5.92 Å². The lowest BCUT2D eigenvalue weighted by molar-refractivity contribution is 0.0288. The van der Waals surface area contributed by atoms with Gasteiger partial charge in [0.1, 0.15) is 17.1 Å². The predicted octanol–water partition coefficient (Wildman–Crippen LogP) is 4.05. The number of alkyl halides is 1. The molecule has 2 rings (SSSR count). The molecule has 0 saturated carbocycles. The third kappa shape index (κ3) is 4.56. The van der Waals surface area contributed by atoms with Gasteiger partial charge in [-0.15, -0.1) is 0 Å². The van der Waals surface area contributed by atoms with Crippen LogP contribution in [0.25, 0.3) is 0 Å². The summed E-state index contributed by atoms with van der Waals surface area (Å²) in [6.45, 7) is 6.94. The molecule has 6 heteroatoms. The van der Waals surface area contributed by atoms with Crippen LogP contribution in [0.5, 0.6) is 11.5 Å². The summed E-state index contributed by atoms with van der Waals surface area (Å²) in [4.78, 5) is 14.2. The van der Waals surface area contributed by atoms with Gasteiger partial charge in [-0.2, -0.15) is 0 Å². The molecule has 0 bridgehead atoms. The van der Waals surface area contributed by atoms with Crippen molar-refractivity contribution in [2.24, 2.45) is 5.92 Å². The van der Waals surface area contributed by atoms with E-state index in [-0.39, 0.29) is 12.0 Å². The second-order valence-electron chi connectivity index (χ2n) is 7.05. The number of carbonyl (C=O) groups is 1. The van der Waals surface area contributed by atoms with E-state index in [0.717, 1.165) is 22.4 Å². The average molecular weight is 400 g/mol. The highest BCUT2D eigenvalue weighted by molar-refractivity contribution is 9.09. The van der Waals surface area contributed by atoms with E-state index < -0.39 is 5.60 Å². The lowest BCUT2D eigenvalue weighted by Crippen LogP contribution is -2.35. The van der Waals surface area contributed by atoms with Crippen LogP contribution in [0.3, 0.4) is 0 Å². The van der Waals surface area contributed by atoms with Crippen LogP contribution >= 0.6 is 15.9 Å². The van der Waals surface area contributed by atoms with Crippen molar-refractivity contribution in [1.29, 1.82) is 0 Å². The van der Waals surface area contributed by atoms with Gasteiger partial charge in [-0.1, -0.05) is 15.9 Å². The van der Waals surface area contributed by atoms with Crippen molar-refractivity contribution in [3.8, 4) is 11.5 Å². The van der Waals surface area contributed by atoms with Gasteiger partial charge in [0.15, 0.2) is 0 Å². The Morgan fingerprint density at radius 2 is 1.75 bits per heavy atom. The van der Waals surface area contributed by atoms with E-state index in [0.29, 0.717) is 19.0 Å². The van der Waals surface area contributed by atoms with E-state index >= 15 is 0 Å². The summed E-state index contributed by atoms with van der Waals surface area (Å²) in [5.41, 5.74) is 0.625. The van der Waals surface area contributed by atoms with Crippen molar-refractivity contribution in [3.05, 3.63) is 23.8 Å². The molecule has 134 valence electrons. The van der Waals surface area contributed by atoms with Crippen LogP contribution in [0.1, 0.15) is 32.3 Å². The Morgan fingerprint density at radius 1 is 1.17 bits per heavy atom. The van der Waals surface area contributed by atoms with E-state index in [1.807, 2.05) is 39.0 Å². The normalized spacial score (nSPS) is 20.8. The first-order valence-corrected chi connectivity index (χ1v) is 9.16. The number of amides is 1. The fraction of sp³-hybridized carbons (Fsp3) is 0.611. The van der Waals surface area contributed by atoms with Gasteiger partial charge in [-0.05, 0) is 44.4 Å². The zero-order chi connectivity index (χ0) is 17.9. The smallest absolute Gasteiger partial charge is 0.410 e. The molecule has 5 nitrogen and oxygen atoms in total. The summed E-state index contributed by atoms with van der Waals surface area (Å²) in [5.74, 6) is 2.04. The summed E-state index contributed by atoms with van der Waals surface area (Å²) in [6, 6.07) is 5.89. The molecule has 0 radical (unpaired) electrons. The van der Waals surface area contributed by atoms with Gasteiger partial charge in [0.05, 0.1) is 14.2 Å². The Bertz CT molecular complexity index is 563. The molecule has 1 heterocycles. The molecular weight excluding hydrogens is 374 g/mol. The summed E-state index contributed by atoms with van der Waals surface area (Å²) in [5, 5.41) is 0.816. The average Bonchev–Trinajstić information content (AvgIpc) is 2.97. The maximum Gasteiger partial charge on any atom is 0.410 e. The van der Waals surface area contributed by atoms with E-state index in [2.05, 4.69) is 15.9 Å². The van der Waals surface area contributed by atoms with Crippen LogP contribution in [-0.2, 0) is 4.74 Å². The molecule has 24 heavy (non-hydrogen) atoms. The first kappa shape index (κ1) is 18.9. The molecule has 0 N–H and O–H groups in total. The second kappa shape index (κ2) is 7.64. The molecule has 2 atom stereocenters. The highest BCUT2D eigenvalue weighted by Crippen LogP contribution is 2.37. The number of nitrogens with zero attached hydrogens (tertiary/aromatic N) is 1. The van der Waals surface area contributed by atoms with E-state index in [1.54, 1.807) is 19.1 Å². The first-order valence-electron chi connectivity index (χ1n) is 8.04. The Labute approximate surface area is 152 Å². The van der Waals surface area contributed by atoms with Crippen molar-refractivity contribution in [1.82, 2.24) is 4.90 Å². The van der Waals surface area contributed by atoms with Gasteiger partial charge < -0.3 is 19.1 Å². The lowest BCUT2D eigenvalue weighted by atomic mass is 9.90. The number of carbonyl (C=O) groups excluding carboxylic acids is 1. The summed E-state index contributed by atoms with van der Waals surface area (Å²) >= 11 is 3.58. The number of benzene rings is 1. The number of ether oxygens (including phenoxy) is 3. The summed E-state index contributed by atoms with van der Waals surface area (Å²) in [7, 11) is 3.28. The standard InChI is InChI=1S/C18H26BrNO4/c1-18(2,3)24-17(21)20-10-13(9-19)16(11-20)12-6-14(22-4)8-15(7-12)23-5/h6-8,13,16H,9-11H2,1-5H3/t13-,16+/m0/s1. The molecule has 1 aliphatic heterocycles. The van der Waals surface area contributed by atoms with Gasteiger partial charge in [-0.25, -0.2) is 4.79 Å². The number of methoxy groups -OCH3 is 2. The maximum absolute atomic E-state index is 12.4. The number of hydrogen-bond acceptors (Lipinski definition) is 4. The number of likely N-dealkylation sites (tertiary alicyclic amines) is 1. The van der Waals surface area contributed by atoms with Crippen molar-refractivity contribution >= 4 is 22.0 Å². The Balaban J connectivity index is 2.22. The first-order chi connectivity index (χ1) is 11.3. The number of hydrogen-bond donors (Lipinski definition) is 0.